The molecule has 1 N–H and O–H groups in total. The lowest BCUT2D eigenvalue weighted by molar-refractivity contribution is 0.0137. The lowest BCUT2D eigenvalue weighted by Crippen LogP contribution is -2.56. The fourth-order valence-electron chi connectivity index (χ4n) is 4.84. The van der Waals surface area contributed by atoms with Gasteiger partial charge in [-0.2, -0.15) is 5.10 Å². The molecule has 1 aromatic heterocycles. The van der Waals surface area contributed by atoms with E-state index in [0.29, 0.717) is 12.1 Å². The minimum atomic E-state index is -0.250. The average Bonchev–Trinajstić information content (AvgIpc) is 3.18. The van der Waals surface area contributed by atoms with Gasteiger partial charge in [0.1, 0.15) is 5.82 Å². The van der Waals surface area contributed by atoms with E-state index in [1.807, 2.05) is 18.5 Å². The summed E-state index contributed by atoms with van der Waals surface area (Å²) in [5.74, 6) is -0.250. The second-order valence-electron chi connectivity index (χ2n) is 8.20. The van der Waals surface area contributed by atoms with Gasteiger partial charge in [0.25, 0.3) is 0 Å². The molecule has 2 aromatic rings. The Morgan fingerprint density at radius 2 is 2.00 bits per heavy atom. The molecule has 1 atom stereocenters. The molecule has 1 saturated carbocycles. The molecule has 6 heteroatoms. The summed E-state index contributed by atoms with van der Waals surface area (Å²) < 4.78 is 15.2. The number of hydrogen-bond acceptors (Lipinski definition) is 4. The lowest BCUT2D eigenvalue weighted by Gasteiger charge is -2.46. The van der Waals surface area contributed by atoms with Crippen LogP contribution in [-0.4, -0.2) is 63.0 Å². The van der Waals surface area contributed by atoms with Crippen LogP contribution in [0.5, 0.6) is 0 Å². The van der Waals surface area contributed by atoms with Crippen molar-refractivity contribution >= 4 is 0 Å². The number of hydrogen-bond donors (Lipinski definition) is 1. The van der Waals surface area contributed by atoms with Gasteiger partial charge in [-0.25, -0.2) is 9.07 Å². The number of aliphatic hydroxyl groups is 1. The van der Waals surface area contributed by atoms with E-state index in [-0.39, 0.29) is 12.4 Å². The highest BCUT2D eigenvalue weighted by Crippen LogP contribution is 2.27. The normalized spacial score (nSPS) is 22.6. The molecule has 1 saturated heterocycles. The third-order valence-electron chi connectivity index (χ3n) is 6.23. The highest BCUT2D eigenvalue weighted by Gasteiger charge is 2.32. The summed E-state index contributed by atoms with van der Waals surface area (Å²) in [6, 6.07) is 7.64. The summed E-state index contributed by atoms with van der Waals surface area (Å²) in [5, 5.41) is 14.0. The molecule has 1 aliphatic carbocycles. The minimum Gasteiger partial charge on any atom is -0.396 e. The molecule has 5 nitrogen and oxygen atoms in total. The molecule has 1 unspecified atom stereocenters. The Balaban J connectivity index is 1.39. The maximum atomic E-state index is 13.5. The zero-order chi connectivity index (χ0) is 19.3. The zero-order valence-corrected chi connectivity index (χ0v) is 16.5. The molecule has 1 aromatic carbocycles. The third kappa shape index (κ3) is 4.62. The van der Waals surface area contributed by atoms with E-state index in [1.54, 1.807) is 10.7 Å². The van der Waals surface area contributed by atoms with Crippen LogP contribution in [0.1, 0.15) is 44.1 Å². The molecule has 2 aliphatic rings. The summed E-state index contributed by atoms with van der Waals surface area (Å²) >= 11 is 0. The van der Waals surface area contributed by atoms with Crippen LogP contribution in [0.4, 0.5) is 4.39 Å². The van der Waals surface area contributed by atoms with Crippen molar-refractivity contribution in [2.75, 3.05) is 26.2 Å². The van der Waals surface area contributed by atoms with Crippen molar-refractivity contribution in [3.05, 3.63) is 48.0 Å². The van der Waals surface area contributed by atoms with Gasteiger partial charge in [0, 0.05) is 56.6 Å². The maximum absolute atomic E-state index is 13.5. The van der Waals surface area contributed by atoms with E-state index in [4.69, 9.17) is 0 Å². The smallest absolute Gasteiger partial charge is 0.125 e. The first-order valence-corrected chi connectivity index (χ1v) is 10.6. The average molecular weight is 387 g/mol. The standard InChI is InChI=1S/C22H31FN4O/c23-19-5-4-8-21(13-19)27-16-18(14-24-27)15-25-10-11-26(22(17-25)9-12-28)20-6-2-1-3-7-20/h4-5,8,13-14,16,20,22,28H,1-3,6-7,9-12,15,17H2. The van der Waals surface area contributed by atoms with E-state index < -0.39 is 0 Å². The van der Waals surface area contributed by atoms with E-state index >= 15 is 0 Å². The largest absolute Gasteiger partial charge is 0.396 e. The monoisotopic (exact) mass is 386 g/mol. The quantitative estimate of drug-likeness (QED) is 0.828. The molecule has 0 bridgehead atoms. The van der Waals surface area contributed by atoms with Gasteiger partial charge in [-0.3, -0.25) is 9.80 Å². The molecule has 152 valence electrons. The van der Waals surface area contributed by atoms with Crippen LogP contribution in [0.2, 0.25) is 0 Å². The molecular formula is C22H31FN4O. The van der Waals surface area contributed by atoms with Crippen molar-refractivity contribution in [2.24, 2.45) is 0 Å². The minimum absolute atomic E-state index is 0.249. The van der Waals surface area contributed by atoms with E-state index in [0.717, 1.165) is 43.9 Å². The van der Waals surface area contributed by atoms with Crippen molar-refractivity contribution in [1.29, 1.82) is 0 Å². The van der Waals surface area contributed by atoms with Gasteiger partial charge >= 0.3 is 0 Å². The molecule has 1 aliphatic heterocycles. The molecule has 2 fully saturated rings. The third-order valence-corrected chi connectivity index (χ3v) is 6.23. The molecule has 28 heavy (non-hydrogen) atoms. The Morgan fingerprint density at radius 1 is 1.14 bits per heavy atom. The fourth-order valence-corrected chi connectivity index (χ4v) is 4.84. The maximum Gasteiger partial charge on any atom is 0.125 e. The highest BCUT2D eigenvalue weighted by atomic mass is 19.1. The van der Waals surface area contributed by atoms with Gasteiger partial charge in [0.15, 0.2) is 0 Å². The summed E-state index contributed by atoms with van der Waals surface area (Å²) in [5.41, 5.74) is 1.88. The number of nitrogens with zero attached hydrogens (tertiary/aromatic N) is 4. The topological polar surface area (TPSA) is 44.5 Å². The van der Waals surface area contributed by atoms with E-state index in [9.17, 15) is 9.50 Å². The van der Waals surface area contributed by atoms with Crippen molar-refractivity contribution in [1.82, 2.24) is 19.6 Å². The fraction of sp³-hybridized carbons (Fsp3) is 0.591. The number of aromatic nitrogens is 2. The van der Waals surface area contributed by atoms with Gasteiger partial charge in [0.2, 0.25) is 0 Å². The second-order valence-corrected chi connectivity index (χ2v) is 8.20. The van der Waals surface area contributed by atoms with Crippen molar-refractivity contribution < 1.29 is 9.50 Å². The SMILES string of the molecule is OCCC1CN(Cc2cnn(-c3cccc(F)c3)c2)CCN1C1CCCCC1. The number of aliphatic hydroxyl groups excluding tert-OH is 1. The molecule has 4 rings (SSSR count). The molecule has 2 heterocycles. The van der Waals surface area contributed by atoms with Gasteiger partial charge < -0.3 is 5.11 Å². The van der Waals surface area contributed by atoms with Crippen LogP contribution in [0.3, 0.4) is 0 Å². The first kappa shape index (κ1) is 19.6. The summed E-state index contributed by atoms with van der Waals surface area (Å²) in [4.78, 5) is 5.13. The second kappa shape index (κ2) is 9.16. The number of piperazine rings is 1. The Morgan fingerprint density at radius 3 is 2.79 bits per heavy atom. The van der Waals surface area contributed by atoms with Crippen LogP contribution in [0, 0.1) is 5.82 Å². The highest BCUT2D eigenvalue weighted by molar-refractivity contribution is 5.31. The Bertz CT molecular complexity index is 758. The first-order valence-electron chi connectivity index (χ1n) is 10.6. The summed E-state index contributed by atoms with van der Waals surface area (Å²) in [7, 11) is 0. The molecule has 0 amide bonds. The van der Waals surface area contributed by atoms with Gasteiger partial charge in [-0.15, -0.1) is 0 Å². The predicted molar refractivity (Wildman–Crippen MR) is 108 cm³/mol. The van der Waals surface area contributed by atoms with Crippen LogP contribution in [0.15, 0.2) is 36.7 Å². The zero-order valence-electron chi connectivity index (χ0n) is 16.5. The van der Waals surface area contributed by atoms with Crippen LogP contribution < -0.4 is 0 Å². The molecule has 0 spiro atoms. The van der Waals surface area contributed by atoms with Gasteiger partial charge in [-0.1, -0.05) is 25.3 Å². The Kier molecular flexibility index (Phi) is 6.40. The van der Waals surface area contributed by atoms with Crippen LogP contribution in [-0.2, 0) is 6.54 Å². The summed E-state index contributed by atoms with van der Waals surface area (Å²) in [6.07, 6.45) is 11.4. The first-order chi connectivity index (χ1) is 13.7. The molecule has 0 radical (unpaired) electrons. The van der Waals surface area contributed by atoms with Crippen molar-refractivity contribution in [2.45, 2.75) is 57.2 Å². The van der Waals surface area contributed by atoms with Gasteiger partial charge in [0.05, 0.1) is 11.9 Å². The predicted octanol–water partition coefficient (Wildman–Crippen LogP) is 3.21. The summed E-state index contributed by atoms with van der Waals surface area (Å²) in [6.45, 7) is 4.20. The molecular weight excluding hydrogens is 355 g/mol. The Labute approximate surface area is 166 Å². The van der Waals surface area contributed by atoms with Gasteiger partial charge in [-0.05, 0) is 37.5 Å². The van der Waals surface area contributed by atoms with E-state index in [1.165, 1.54) is 44.2 Å². The Hall–Kier alpha value is -1.76. The number of benzene rings is 1. The number of halogens is 1. The van der Waals surface area contributed by atoms with Crippen LogP contribution >= 0.6 is 0 Å². The lowest BCUT2D eigenvalue weighted by atomic mass is 9.92. The van der Waals surface area contributed by atoms with Crippen LogP contribution in [0.25, 0.3) is 5.69 Å². The van der Waals surface area contributed by atoms with Crippen molar-refractivity contribution in [3.8, 4) is 5.69 Å². The van der Waals surface area contributed by atoms with Crippen molar-refractivity contribution in [3.63, 3.8) is 0 Å². The number of rotatable bonds is 6. The van der Waals surface area contributed by atoms with E-state index in [2.05, 4.69) is 14.9 Å².